The van der Waals surface area contributed by atoms with Crippen LogP contribution in [0.1, 0.15) is 11.1 Å². The van der Waals surface area contributed by atoms with E-state index in [0.29, 0.717) is 31.2 Å². The first-order chi connectivity index (χ1) is 11.1. The minimum Gasteiger partial charge on any atom is -0.486 e. The summed E-state index contributed by atoms with van der Waals surface area (Å²) in [5.74, 6) is 1.51. The number of rotatable bonds is 4. The Bertz CT molecular complexity index is 717. The summed E-state index contributed by atoms with van der Waals surface area (Å²) in [4.78, 5) is 14.1. The van der Waals surface area contributed by atoms with E-state index >= 15 is 0 Å². The molecule has 5 heteroatoms. The molecule has 1 aliphatic rings. The van der Waals surface area contributed by atoms with E-state index < -0.39 is 0 Å². The standard InChI is InChI=1S/C18H18ClNO3/c1-20(18(21)11-14-4-2-3-5-15(14)19)12-13-6-7-16-17(10-13)23-9-8-22-16/h2-7,10H,8-9,11-12H2,1H3. The average Bonchev–Trinajstić information content (AvgIpc) is 2.56. The van der Waals surface area contributed by atoms with Gasteiger partial charge in [0, 0.05) is 18.6 Å². The summed E-state index contributed by atoms with van der Waals surface area (Å²) in [6.07, 6.45) is 0.292. The summed E-state index contributed by atoms with van der Waals surface area (Å²) in [6, 6.07) is 13.2. The monoisotopic (exact) mass is 331 g/mol. The first-order valence-electron chi connectivity index (χ1n) is 7.49. The smallest absolute Gasteiger partial charge is 0.227 e. The SMILES string of the molecule is CN(Cc1ccc2c(c1)OCCO2)C(=O)Cc1ccccc1Cl. The Balaban J connectivity index is 1.65. The lowest BCUT2D eigenvalue weighted by molar-refractivity contribution is -0.129. The molecule has 0 saturated carbocycles. The first kappa shape index (κ1) is 15.7. The van der Waals surface area contributed by atoms with E-state index in [2.05, 4.69) is 0 Å². The second kappa shape index (κ2) is 6.92. The highest BCUT2D eigenvalue weighted by molar-refractivity contribution is 6.31. The van der Waals surface area contributed by atoms with Gasteiger partial charge in [-0.3, -0.25) is 4.79 Å². The Labute approximate surface area is 140 Å². The van der Waals surface area contributed by atoms with Crippen molar-refractivity contribution in [1.29, 1.82) is 0 Å². The van der Waals surface area contributed by atoms with Crippen molar-refractivity contribution in [2.75, 3.05) is 20.3 Å². The zero-order chi connectivity index (χ0) is 16.2. The van der Waals surface area contributed by atoms with Crippen LogP contribution in [0.4, 0.5) is 0 Å². The molecule has 1 amide bonds. The molecule has 2 aromatic carbocycles. The van der Waals surface area contributed by atoms with Gasteiger partial charge >= 0.3 is 0 Å². The van der Waals surface area contributed by atoms with Crippen LogP contribution in [0.15, 0.2) is 42.5 Å². The van der Waals surface area contributed by atoms with E-state index in [1.54, 1.807) is 18.0 Å². The summed E-state index contributed by atoms with van der Waals surface area (Å²) in [5, 5.41) is 0.619. The summed E-state index contributed by atoms with van der Waals surface area (Å²) >= 11 is 6.11. The normalized spacial score (nSPS) is 12.8. The molecule has 0 spiro atoms. The zero-order valence-electron chi connectivity index (χ0n) is 12.9. The van der Waals surface area contributed by atoms with Crippen LogP contribution in [0.5, 0.6) is 11.5 Å². The lowest BCUT2D eigenvalue weighted by atomic mass is 10.1. The van der Waals surface area contributed by atoms with E-state index in [1.807, 2.05) is 36.4 Å². The lowest BCUT2D eigenvalue weighted by Crippen LogP contribution is -2.28. The molecule has 23 heavy (non-hydrogen) atoms. The van der Waals surface area contributed by atoms with Crippen LogP contribution in [0.2, 0.25) is 5.02 Å². The number of nitrogens with zero attached hydrogens (tertiary/aromatic N) is 1. The van der Waals surface area contributed by atoms with Crippen LogP contribution in [-0.4, -0.2) is 31.1 Å². The molecule has 2 aromatic rings. The van der Waals surface area contributed by atoms with Crippen LogP contribution >= 0.6 is 11.6 Å². The molecule has 3 rings (SSSR count). The predicted molar refractivity (Wildman–Crippen MR) is 89.1 cm³/mol. The van der Waals surface area contributed by atoms with Crippen LogP contribution in [-0.2, 0) is 17.8 Å². The molecule has 0 atom stereocenters. The number of likely N-dealkylation sites (N-methyl/N-ethyl adjacent to an activating group) is 1. The largest absolute Gasteiger partial charge is 0.486 e. The number of hydrogen-bond donors (Lipinski definition) is 0. The minimum absolute atomic E-state index is 0.0213. The van der Waals surface area contributed by atoms with E-state index in [-0.39, 0.29) is 5.91 Å². The molecule has 0 saturated heterocycles. The van der Waals surface area contributed by atoms with Gasteiger partial charge in [0.25, 0.3) is 0 Å². The molecule has 0 aromatic heterocycles. The van der Waals surface area contributed by atoms with Crippen LogP contribution in [0.3, 0.4) is 0 Å². The summed E-state index contributed by atoms with van der Waals surface area (Å²) in [6.45, 7) is 1.64. The van der Waals surface area contributed by atoms with Crippen molar-refractivity contribution in [2.45, 2.75) is 13.0 Å². The Morgan fingerprint density at radius 3 is 2.65 bits per heavy atom. The number of fused-ring (bicyclic) bond motifs is 1. The van der Waals surface area contributed by atoms with Gasteiger partial charge in [-0.25, -0.2) is 0 Å². The van der Waals surface area contributed by atoms with Gasteiger partial charge in [-0.15, -0.1) is 0 Å². The predicted octanol–water partition coefficient (Wildman–Crippen LogP) is 3.31. The van der Waals surface area contributed by atoms with Gasteiger partial charge in [0.1, 0.15) is 13.2 Å². The molecular formula is C18H18ClNO3. The number of carbonyl (C=O) groups excluding carboxylic acids is 1. The Hall–Kier alpha value is -2.20. The molecule has 4 nitrogen and oxygen atoms in total. The third kappa shape index (κ3) is 3.77. The molecule has 0 bridgehead atoms. The topological polar surface area (TPSA) is 38.8 Å². The highest BCUT2D eigenvalue weighted by Crippen LogP contribution is 2.31. The van der Waals surface area contributed by atoms with Gasteiger partial charge in [0.05, 0.1) is 6.42 Å². The highest BCUT2D eigenvalue weighted by atomic mass is 35.5. The van der Waals surface area contributed by atoms with Gasteiger partial charge in [-0.1, -0.05) is 35.9 Å². The van der Waals surface area contributed by atoms with Crippen molar-refractivity contribution in [3.63, 3.8) is 0 Å². The number of halogens is 1. The van der Waals surface area contributed by atoms with Crippen molar-refractivity contribution in [2.24, 2.45) is 0 Å². The van der Waals surface area contributed by atoms with Gasteiger partial charge in [-0.2, -0.15) is 0 Å². The van der Waals surface area contributed by atoms with Crippen molar-refractivity contribution >= 4 is 17.5 Å². The summed E-state index contributed by atoms with van der Waals surface area (Å²) in [5.41, 5.74) is 1.84. The number of ether oxygens (including phenoxy) is 2. The van der Waals surface area contributed by atoms with Crippen molar-refractivity contribution in [1.82, 2.24) is 4.90 Å². The van der Waals surface area contributed by atoms with Crippen molar-refractivity contribution < 1.29 is 14.3 Å². The third-order valence-electron chi connectivity index (χ3n) is 3.75. The van der Waals surface area contributed by atoms with E-state index in [0.717, 1.165) is 22.6 Å². The van der Waals surface area contributed by atoms with Gasteiger partial charge in [0.2, 0.25) is 5.91 Å². The zero-order valence-corrected chi connectivity index (χ0v) is 13.7. The van der Waals surface area contributed by atoms with E-state index in [4.69, 9.17) is 21.1 Å². The average molecular weight is 332 g/mol. The van der Waals surface area contributed by atoms with Gasteiger partial charge in [-0.05, 0) is 29.3 Å². The quantitative estimate of drug-likeness (QED) is 0.862. The molecule has 1 heterocycles. The number of benzene rings is 2. The number of hydrogen-bond acceptors (Lipinski definition) is 3. The first-order valence-corrected chi connectivity index (χ1v) is 7.87. The van der Waals surface area contributed by atoms with E-state index in [9.17, 15) is 4.79 Å². The Morgan fingerprint density at radius 1 is 1.13 bits per heavy atom. The third-order valence-corrected chi connectivity index (χ3v) is 4.12. The van der Waals surface area contributed by atoms with Crippen LogP contribution < -0.4 is 9.47 Å². The van der Waals surface area contributed by atoms with Crippen LogP contribution in [0.25, 0.3) is 0 Å². The molecular weight excluding hydrogens is 314 g/mol. The fraction of sp³-hybridized carbons (Fsp3) is 0.278. The number of carbonyl (C=O) groups is 1. The van der Waals surface area contributed by atoms with Gasteiger partial charge in [0.15, 0.2) is 11.5 Å². The lowest BCUT2D eigenvalue weighted by Gasteiger charge is -2.21. The van der Waals surface area contributed by atoms with Crippen molar-refractivity contribution in [3.8, 4) is 11.5 Å². The highest BCUT2D eigenvalue weighted by Gasteiger charge is 2.15. The van der Waals surface area contributed by atoms with Crippen LogP contribution in [0, 0.1) is 0 Å². The summed E-state index contributed by atoms with van der Waals surface area (Å²) < 4.78 is 11.1. The maximum atomic E-state index is 12.4. The molecule has 0 fully saturated rings. The fourth-order valence-electron chi connectivity index (χ4n) is 2.49. The maximum absolute atomic E-state index is 12.4. The number of amides is 1. The maximum Gasteiger partial charge on any atom is 0.227 e. The Morgan fingerprint density at radius 2 is 1.87 bits per heavy atom. The molecule has 0 aliphatic carbocycles. The molecule has 0 N–H and O–H groups in total. The molecule has 120 valence electrons. The molecule has 0 unspecified atom stereocenters. The Kier molecular flexibility index (Phi) is 4.72. The summed E-state index contributed by atoms with van der Waals surface area (Å²) in [7, 11) is 1.79. The second-order valence-electron chi connectivity index (χ2n) is 5.50. The molecule has 0 radical (unpaired) electrons. The second-order valence-corrected chi connectivity index (χ2v) is 5.90. The van der Waals surface area contributed by atoms with E-state index in [1.165, 1.54) is 0 Å². The fourth-order valence-corrected chi connectivity index (χ4v) is 2.69. The molecule has 1 aliphatic heterocycles. The van der Waals surface area contributed by atoms with Gasteiger partial charge < -0.3 is 14.4 Å². The van der Waals surface area contributed by atoms with Crippen molar-refractivity contribution in [3.05, 3.63) is 58.6 Å². The minimum atomic E-state index is 0.0213.